The molecule has 1 heterocycles. The normalized spacial score (nSPS) is 11.9. The quantitative estimate of drug-likeness (QED) is 0.645. The van der Waals surface area contributed by atoms with Gasteiger partial charge in [0.1, 0.15) is 5.69 Å². The fraction of sp³-hybridized carbons (Fsp3) is 0.200. The van der Waals surface area contributed by atoms with Gasteiger partial charge in [-0.1, -0.05) is 47.5 Å². The second kappa shape index (κ2) is 8.12. The smallest absolute Gasteiger partial charge is 0.319 e. The Hall–Kier alpha value is -2.70. The Morgan fingerprint density at radius 2 is 1.79 bits per heavy atom. The summed E-state index contributed by atoms with van der Waals surface area (Å²) >= 11 is 12.1. The third kappa shape index (κ3) is 3.93. The molecule has 28 heavy (non-hydrogen) atoms. The lowest BCUT2D eigenvalue weighted by atomic mass is 10.1. The molecule has 146 valence electrons. The topological polar surface area (TPSA) is 68.1 Å². The van der Waals surface area contributed by atoms with Crippen LogP contribution in [-0.2, 0) is 7.05 Å². The van der Waals surface area contributed by atoms with Gasteiger partial charge in [0.05, 0.1) is 17.4 Å². The zero-order valence-electron chi connectivity index (χ0n) is 15.7. The number of urea groups is 1. The zero-order chi connectivity index (χ0) is 20.4. The Kier molecular flexibility index (Phi) is 5.82. The molecular formula is C20H20Cl2N4O2. The number of para-hydroxylation sites is 1. The molecule has 0 aliphatic heterocycles. The monoisotopic (exact) mass is 418 g/mol. The van der Waals surface area contributed by atoms with Crippen LogP contribution in [0.15, 0.2) is 53.3 Å². The largest absolute Gasteiger partial charge is 0.331 e. The number of amides is 2. The minimum Gasteiger partial charge on any atom is -0.331 e. The number of carbonyl (C=O) groups is 1. The van der Waals surface area contributed by atoms with E-state index in [9.17, 15) is 9.59 Å². The number of halogens is 2. The minimum atomic E-state index is -0.496. The Bertz CT molecular complexity index is 1070. The zero-order valence-corrected chi connectivity index (χ0v) is 17.2. The predicted octanol–water partition coefficient (Wildman–Crippen LogP) is 4.67. The van der Waals surface area contributed by atoms with Crippen molar-refractivity contribution in [1.82, 2.24) is 14.7 Å². The van der Waals surface area contributed by atoms with Gasteiger partial charge in [0, 0.05) is 17.1 Å². The van der Waals surface area contributed by atoms with Crippen LogP contribution >= 0.6 is 23.2 Å². The summed E-state index contributed by atoms with van der Waals surface area (Å²) in [5.74, 6) is 0. The summed E-state index contributed by atoms with van der Waals surface area (Å²) in [6, 6.07) is 13.4. The molecule has 1 aromatic heterocycles. The Labute approximate surface area is 172 Å². The molecule has 0 bridgehead atoms. The number of nitrogens with one attached hydrogen (secondary N) is 2. The number of rotatable bonds is 4. The van der Waals surface area contributed by atoms with Crippen molar-refractivity contribution >= 4 is 34.9 Å². The molecule has 0 radical (unpaired) electrons. The van der Waals surface area contributed by atoms with Crippen molar-refractivity contribution in [3.8, 4) is 5.69 Å². The van der Waals surface area contributed by atoms with Gasteiger partial charge < -0.3 is 10.6 Å². The molecule has 0 unspecified atom stereocenters. The highest BCUT2D eigenvalue weighted by atomic mass is 35.5. The van der Waals surface area contributed by atoms with Crippen LogP contribution in [-0.4, -0.2) is 15.4 Å². The van der Waals surface area contributed by atoms with Crippen LogP contribution in [0.2, 0.25) is 10.0 Å². The van der Waals surface area contributed by atoms with E-state index in [0.717, 1.165) is 5.56 Å². The van der Waals surface area contributed by atoms with E-state index in [1.165, 1.54) is 4.68 Å². The van der Waals surface area contributed by atoms with Gasteiger partial charge in [-0.25, -0.2) is 9.48 Å². The molecule has 0 fully saturated rings. The van der Waals surface area contributed by atoms with E-state index in [-0.39, 0.29) is 17.3 Å². The van der Waals surface area contributed by atoms with E-state index >= 15 is 0 Å². The Morgan fingerprint density at radius 3 is 2.43 bits per heavy atom. The third-order valence-corrected chi connectivity index (χ3v) is 5.13. The minimum absolute atomic E-state index is 0.221. The van der Waals surface area contributed by atoms with Crippen molar-refractivity contribution in [2.24, 2.45) is 7.05 Å². The van der Waals surface area contributed by atoms with E-state index in [1.807, 2.05) is 30.3 Å². The molecule has 0 saturated heterocycles. The van der Waals surface area contributed by atoms with E-state index in [1.54, 1.807) is 43.8 Å². The van der Waals surface area contributed by atoms with Gasteiger partial charge in [0.15, 0.2) is 0 Å². The number of nitrogens with zero attached hydrogens (tertiary/aromatic N) is 2. The summed E-state index contributed by atoms with van der Waals surface area (Å²) in [5, 5.41) is 6.44. The maximum atomic E-state index is 12.9. The van der Waals surface area contributed by atoms with Crippen molar-refractivity contribution in [2.75, 3.05) is 5.32 Å². The second-order valence-electron chi connectivity index (χ2n) is 6.42. The van der Waals surface area contributed by atoms with Crippen molar-refractivity contribution in [2.45, 2.75) is 19.9 Å². The van der Waals surface area contributed by atoms with Gasteiger partial charge in [-0.15, -0.1) is 0 Å². The molecule has 0 aliphatic rings. The summed E-state index contributed by atoms with van der Waals surface area (Å²) in [5.41, 5.74) is 2.00. The maximum absolute atomic E-state index is 12.9. The molecule has 0 saturated carbocycles. The highest BCUT2D eigenvalue weighted by molar-refractivity contribution is 6.35. The van der Waals surface area contributed by atoms with Gasteiger partial charge in [-0.3, -0.25) is 9.48 Å². The molecule has 2 amide bonds. The average molecular weight is 419 g/mol. The second-order valence-corrected chi connectivity index (χ2v) is 7.27. The number of benzene rings is 2. The molecule has 0 spiro atoms. The van der Waals surface area contributed by atoms with Crippen molar-refractivity contribution in [3.63, 3.8) is 0 Å². The lowest BCUT2D eigenvalue weighted by Gasteiger charge is -2.16. The van der Waals surface area contributed by atoms with E-state index in [4.69, 9.17) is 23.2 Å². The molecule has 3 aromatic rings. The van der Waals surface area contributed by atoms with E-state index in [2.05, 4.69) is 10.6 Å². The molecule has 6 nitrogen and oxygen atoms in total. The highest BCUT2D eigenvalue weighted by Gasteiger charge is 2.19. The van der Waals surface area contributed by atoms with Crippen LogP contribution in [0.3, 0.4) is 0 Å². The lowest BCUT2D eigenvalue weighted by molar-refractivity contribution is 0.249. The first-order valence-corrected chi connectivity index (χ1v) is 9.41. The lowest BCUT2D eigenvalue weighted by Crippen LogP contribution is -2.33. The van der Waals surface area contributed by atoms with Gasteiger partial charge in [0.25, 0.3) is 5.56 Å². The van der Waals surface area contributed by atoms with Crippen LogP contribution in [0.25, 0.3) is 5.69 Å². The van der Waals surface area contributed by atoms with Gasteiger partial charge in [0.2, 0.25) is 0 Å². The molecule has 2 N–H and O–H groups in total. The molecular weight excluding hydrogens is 399 g/mol. The summed E-state index contributed by atoms with van der Waals surface area (Å²) in [4.78, 5) is 25.3. The predicted molar refractivity (Wildman–Crippen MR) is 113 cm³/mol. The van der Waals surface area contributed by atoms with Gasteiger partial charge in [-0.2, -0.15) is 0 Å². The van der Waals surface area contributed by atoms with Crippen LogP contribution in [0, 0.1) is 6.92 Å². The molecule has 3 rings (SSSR count). The first kappa shape index (κ1) is 20.0. The molecule has 8 heteroatoms. The standard InChI is InChI=1S/C20H20Cl2N4O2/c1-12(16-10-9-14(21)11-17(16)22)23-20(28)24-18-13(2)25(3)26(19(18)27)15-7-5-4-6-8-15/h4-12H,1-3H3,(H2,23,24,28)/t12-/m1/s1. The number of anilines is 1. The third-order valence-electron chi connectivity index (χ3n) is 4.57. The Balaban J connectivity index is 1.82. The van der Waals surface area contributed by atoms with Crippen LogP contribution in [0.4, 0.5) is 10.5 Å². The summed E-state index contributed by atoms with van der Waals surface area (Å²) < 4.78 is 3.21. The van der Waals surface area contributed by atoms with Crippen LogP contribution < -0.4 is 16.2 Å². The van der Waals surface area contributed by atoms with Crippen LogP contribution in [0.1, 0.15) is 24.2 Å². The average Bonchev–Trinajstić information content (AvgIpc) is 2.85. The van der Waals surface area contributed by atoms with Crippen molar-refractivity contribution in [3.05, 3.63) is 80.2 Å². The highest BCUT2D eigenvalue weighted by Crippen LogP contribution is 2.26. The van der Waals surface area contributed by atoms with Crippen molar-refractivity contribution in [1.29, 1.82) is 0 Å². The van der Waals surface area contributed by atoms with E-state index in [0.29, 0.717) is 21.4 Å². The SMILES string of the molecule is Cc1c(NC(=O)N[C@H](C)c2ccc(Cl)cc2Cl)c(=O)n(-c2ccccc2)n1C. The first-order valence-electron chi connectivity index (χ1n) is 8.66. The molecule has 2 aromatic carbocycles. The van der Waals surface area contributed by atoms with Gasteiger partial charge >= 0.3 is 6.03 Å². The fourth-order valence-corrected chi connectivity index (χ4v) is 3.56. The van der Waals surface area contributed by atoms with Crippen LogP contribution in [0.5, 0.6) is 0 Å². The maximum Gasteiger partial charge on any atom is 0.319 e. The Morgan fingerprint density at radius 1 is 1.11 bits per heavy atom. The van der Waals surface area contributed by atoms with Crippen molar-refractivity contribution < 1.29 is 4.79 Å². The first-order chi connectivity index (χ1) is 13.3. The number of hydrogen-bond acceptors (Lipinski definition) is 2. The fourth-order valence-electron chi connectivity index (χ4n) is 2.99. The summed E-state index contributed by atoms with van der Waals surface area (Å²) in [7, 11) is 1.77. The molecule has 1 atom stereocenters. The summed E-state index contributed by atoms with van der Waals surface area (Å²) in [6.07, 6.45) is 0. The summed E-state index contributed by atoms with van der Waals surface area (Å²) in [6.45, 7) is 3.57. The molecule has 0 aliphatic carbocycles. The number of hydrogen-bond donors (Lipinski definition) is 2. The number of aromatic nitrogens is 2. The van der Waals surface area contributed by atoms with Gasteiger partial charge in [-0.05, 0) is 43.7 Å². The number of carbonyl (C=O) groups excluding carboxylic acids is 1. The van der Waals surface area contributed by atoms with E-state index < -0.39 is 6.03 Å².